The Morgan fingerprint density at radius 1 is 1.18 bits per heavy atom. The van der Waals surface area contributed by atoms with Gasteiger partial charge in [0.25, 0.3) is 0 Å². The maximum absolute atomic E-state index is 14.5. The van der Waals surface area contributed by atoms with Gasteiger partial charge in [-0.05, 0) is 13.0 Å². The number of halogens is 2. The zero-order valence-electron chi connectivity index (χ0n) is 15.7. The van der Waals surface area contributed by atoms with Crippen molar-refractivity contribution in [3.63, 3.8) is 0 Å². The second kappa shape index (κ2) is 8.15. The Balaban J connectivity index is 2.97. The average molecular weight is 396 g/mol. The number of rotatable bonds is 5. The molecule has 1 amide bonds. The molecule has 0 fully saturated rings. The molecule has 1 aromatic carbocycles. The summed E-state index contributed by atoms with van der Waals surface area (Å²) in [5.41, 5.74) is -2.04. The van der Waals surface area contributed by atoms with Gasteiger partial charge in [-0.3, -0.25) is 24.1 Å². The maximum Gasteiger partial charge on any atom is 0.343 e. The number of amides is 1. The molecule has 0 N–H and O–H groups in total. The van der Waals surface area contributed by atoms with Crippen molar-refractivity contribution >= 4 is 28.7 Å². The summed E-state index contributed by atoms with van der Waals surface area (Å²) in [6.07, 6.45) is 0.999. The van der Waals surface area contributed by atoms with E-state index in [0.717, 1.165) is 22.8 Å². The van der Waals surface area contributed by atoms with E-state index in [1.54, 1.807) is 0 Å². The van der Waals surface area contributed by atoms with Crippen LogP contribution in [0.3, 0.4) is 0 Å². The molecule has 0 aliphatic rings. The molecule has 0 saturated heterocycles. The van der Waals surface area contributed by atoms with Crippen molar-refractivity contribution in [3.05, 3.63) is 45.2 Å². The molecule has 0 aliphatic heterocycles. The molecule has 0 unspecified atom stereocenters. The van der Waals surface area contributed by atoms with Gasteiger partial charge in [-0.1, -0.05) is 0 Å². The summed E-state index contributed by atoms with van der Waals surface area (Å²) >= 11 is 0. The predicted octanol–water partition coefficient (Wildman–Crippen LogP) is 1.63. The van der Waals surface area contributed by atoms with E-state index in [4.69, 9.17) is 9.47 Å². The molecule has 0 saturated carbocycles. The summed E-state index contributed by atoms with van der Waals surface area (Å²) in [6, 6.07) is 0.622. The second-order valence-electron chi connectivity index (χ2n) is 5.81. The molecule has 0 bridgehead atoms. The molecular formula is C18H18F2N2O6. The standard InChI is InChI=1S/C18H18F2N2O6/c1-5-27-18(26)12-7-22(21(4)9(2)23)16-11(17(12)25)6-14(19)15(20)13(16)8-28-10(3)24/h6-7H,5,8H2,1-4H3. The van der Waals surface area contributed by atoms with Crippen LogP contribution >= 0.6 is 0 Å². The van der Waals surface area contributed by atoms with E-state index in [-0.39, 0.29) is 17.5 Å². The van der Waals surface area contributed by atoms with Crippen LogP contribution in [0.15, 0.2) is 17.1 Å². The van der Waals surface area contributed by atoms with Gasteiger partial charge in [-0.15, -0.1) is 0 Å². The predicted molar refractivity (Wildman–Crippen MR) is 94.4 cm³/mol. The molecule has 2 rings (SSSR count). The largest absolute Gasteiger partial charge is 0.462 e. The van der Waals surface area contributed by atoms with E-state index >= 15 is 0 Å². The van der Waals surface area contributed by atoms with E-state index in [1.807, 2.05) is 0 Å². The highest BCUT2D eigenvalue weighted by Crippen LogP contribution is 2.24. The minimum absolute atomic E-state index is 0.0195. The van der Waals surface area contributed by atoms with Crippen molar-refractivity contribution in [2.45, 2.75) is 27.4 Å². The highest BCUT2D eigenvalue weighted by Gasteiger charge is 2.25. The Morgan fingerprint density at radius 2 is 1.82 bits per heavy atom. The fourth-order valence-corrected chi connectivity index (χ4v) is 2.54. The number of fused-ring (bicyclic) bond motifs is 1. The molecule has 28 heavy (non-hydrogen) atoms. The smallest absolute Gasteiger partial charge is 0.343 e. The number of esters is 2. The van der Waals surface area contributed by atoms with Crippen LogP contribution in [0.5, 0.6) is 0 Å². The summed E-state index contributed by atoms with van der Waals surface area (Å²) in [4.78, 5) is 47.9. The molecule has 0 aliphatic carbocycles. The number of carbonyl (C=O) groups excluding carboxylic acids is 3. The highest BCUT2D eigenvalue weighted by molar-refractivity contribution is 5.96. The van der Waals surface area contributed by atoms with Gasteiger partial charge in [0, 0.05) is 27.1 Å². The lowest BCUT2D eigenvalue weighted by Crippen LogP contribution is -2.37. The minimum atomic E-state index is -1.37. The highest BCUT2D eigenvalue weighted by atomic mass is 19.2. The first kappa shape index (κ1) is 21.0. The third kappa shape index (κ3) is 3.85. The van der Waals surface area contributed by atoms with Gasteiger partial charge in [0.1, 0.15) is 12.2 Å². The van der Waals surface area contributed by atoms with Crippen LogP contribution in [0.1, 0.15) is 36.7 Å². The van der Waals surface area contributed by atoms with Crippen LogP contribution < -0.4 is 10.4 Å². The van der Waals surface area contributed by atoms with Gasteiger partial charge in [-0.25, -0.2) is 13.6 Å². The SMILES string of the molecule is CCOC(=O)c1cn(N(C)C(C)=O)c2c(COC(C)=O)c(F)c(F)cc2c1=O. The number of carbonyl (C=O) groups is 3. The van der Waals surface area contributed by atoms with Crippen LogP contribution in [-0.2, 0) is 25.7 Å². The monoisotopic (exact) mass is 396 g/mol. The van der Waals surface area contributed by atoms with Crippen LogP contribution in [0.25, 0.3) is 10.9 Å². The average Bonchev–Trinajstić information content (AvgIpc) is 2.62. The molecule has 10 heteroatoms. The van der Waals surface area contributed by atoms with Gasteiger partial charge < -0.3 is 9.47 Å². The van der Waals surface area contributed by atoms with E-state index in [1.165, 1.54) is 20.9 Å². The Bertz CT molecular complexity index is 1030. The van der Waals surface area contributed by atoms with Gasteiger partial charge in [-0.2, -0.15) is 0 Å². The normalized spacial score (nSPS) is 10.6. The number of pyridine rings is 1. The fourth-order valence-electron chi connectivity index (χ4n) is 2.54. The van der Waals surface area contributed by atoms with Crippen molar-refractivity contribution in [1.29, 1.82) is 0 Å². The van der Waals surface area contributed by atoms with Crippen LogP contribution in [0.4, 0.5) is 8.78 Å². The third-order valence-electron chi connectivity index (χ3n) is 3.95. The lowest BCUT2D eigenvalue weighted by atomic mass is 10.1. The molecule has 8 nitrogen and oxygen atoms in total. The third-order valence-corrected chi connectivity index (χ3v) is 3.95. The number of nitrogens with zero attached hydrogens (tertiary/aromatic N) is 2. The molecule has 0 spiro atoms. The number of benzene rings is 1. The topological polar surface area (TPSA) is 94.9 Å². The first-order valence-electron chi connectivity index (χ1n) is 8.21. The van der Waals surface area contributed by atoms with Crippen LogP contribution in [-0.4, -0.2) is 36.2 Å². The Hall–Kier alpha value is -3.30. The van der Waals surface area contributed by atoms with Gasteiger partial charge in [0.05, 0.1) is 23.1 Å². The van der Waals surface area contributed by atoms with Gasteiger partial charge in [0.2, 0.25) is 11.3 Å². The lowest BCUT2D eigenvalue weighted by Gasteiger charge is -2.24. The van der Waals surface area contributed by atoms with Crippen LogP contribution in [0, 0.1) is 11.6 Å². The van der Waals surface area contributed by atoms with Gasteiger partial charge in [0.15, 0.2) is 11.6 Å². The van der Waals surface area contributed by atoms with Crippen LogP contribution in [0.2, 0.25) is 0 Å². The number of hydrogen-bond donors (Lipinski definition) is 0. The van der Waals surface area contributed by atoms with Crippen molar-refractivity contribution in [1.82, 2.24) is 4.68 Å². The molecule has 2 aromatic rings. The number of ether oxygens (including phenoxy) is 2. The summed E-state index contributed by atoms with van der Waals surface area (Å²) in [5.74, 6) is -4.98. The summed E-state index contributed by atoms with van der Waals surface area (Å²) in [5, 5.41) is 0.610. The number of aromatic nitrogens is 1. The van der Waals surface area contributed by atoms with E-state index < -0.39 is 52.6 Å². The number of hydrogen-bond acceptors (Lipinski definition) is 6. The molecule has 1 heterocycles. The first-order chi connectivity index (χ1) is 13.1. The van der Waals surface area contributed by atoms with E-state index in [0.29, 0.717) is 6.07 Å². The lowest BCUT2D eigenvalue weighted by molar-refractivity contribution is -0.142. The Morgan fingerprint density at radius 3 is 2.36 bits per heavy atom. The molecular weight excluding hydrogens is 378 g/mol. The molecule has 150 valence electrons. The second-order valence-corrected chi connectivity index (χ2v) is 5.81. The quantitative estimate of drug-likeness (QED) is 0.713. The first-order valence-corrected chi connectivity index (χ1v) is 8.21. The fraction of sp³-hybridized carbons (Fsp3) is 0.333. The summed E-state index contributed by atoms with van der Waals surface area (Å²) in [7, 11) is 1.30. The molecule has 0 atom stereocenters. The minimum Gasteiger partial charge on any atom is -0.462 e. The van der Waals surface area contributed by atoms with E-state index in [2.05, 4.69) is 0 Å². The maximum atomic E-state index is 14.5. The molecule has 1 aromatic heterocycles. The van der Waals surface area contributed by atoms with Crippen molar-refractivity contribution in [2.75, 3.05) is 18.7 Å². The Labute approximate surface area is 158 Å². The summed E-state index contributed by atoms with van der Waals surface area (Å²) < 4.78 is 39.2. The van der Waals surface area contributed by atoms with Crippen molar-refractivity contribution < 1.29 is 32.6 Å². The summed E-state index contributed by atoms with van der Waals surface area (Å²) in [6.45, 7) is 3.10. The van der Waals surface area contributed by atoms with Gasteiger partial charge >= 0.3 is 11.9 Å². The zero-order valence-corrected chi connectivity index (χ0v) is 15.7. The Kier molecular flexibility index (Phi) is 6.12. The van der Waals surface area contributed by atoms with Crippen molar-refractivity contribution in [2.24, 2.45) is 0 Å². The zero-order chi connectivity index (χ0) is 21.2. The van der Waals surface area contributed by atoms with E-state index in [9.17, 15) is 28.0 Å². The molecule has 0 radical (unpaired) electrons. The van der Waals surface area contributed by atoms with Crippen molar-refractivity contribution in [3.8, 4) is 0 Å².